The molecule has 1 aromatic rings. The number of rotatable bonds is 2. The molecule has 0 aromatic heterocycles. The van der Waals surface area contributed by atoms with Gasteiger partial charge in [-0.25, -0.2) is 0 Å². The van der Waals surface area contributed by atoms with Crippen LogP contribution in [0.2, 0.25) is 0 Å². The smallest absolute Gasteiger partial charge is 1.00 e. The maximum atomic E-state index is 9.73. The molecule has 0 heterocycles. The minimum absolute atomic E-state index is 0. The van der Waals surface area contributed by atoms with E-state index in [-0.39, 0.29) is 40.0 Å². The second-order valence-electron chi connectivity index (χ2n) is 2.48. The van der Waals surface area contributed by atoms with Crippen molar-refractivity contribution in [3.8, 4) is 0 Å². The van der Waals surface area contributed by atoms with Crippen LogP contribution in [0.3, 0.4) is 0 Å². The molecule has 80 valence electrons. The van der Waals surface area contributed by atoms with Crippen molar-refractivity contribution < 1.29 is 32.0 Å². The first-order chi connectivity index (χ1) is 6.18. The maximum absolute atomic E-state index is 9.73. The summed E-state index contributed by atoms with van der Waals surface area (Å²) in [5, 5.41) is 17.7. The molecule has 3 nitrogen and oxygen atoms in total. The fraction of sp³-hybridized carbons (Fsp3) is 0.300. The van der Waals surface area contributed by atoms with Crippen LogP contribution in [0.5, 0.6) is 0 Å². The van der Waals surface area contributed by atoms with Crippen molar-refractivity contribution in [1.82, 2.24) is 0 Å². The second-order valence-corrected chi connectivity index (χ2v) is 2.48. The van der Waals surface area contributed by atoms with Gasteiger partial charge in [-0.2, -0.15) is 36.4 Å². The Bertz CT molecular complexity index is 205. The normalized spacial score (nSPS) is 9.47. The molecule has 0 saturated heterocycles. The summed E-state index contributed by atoms with van der Waals surface area (Å²) in [6.07, 6.45) is 0. The van der Waals surface area contributed by atoms with Crippen LogP contribution in [0.15, 0.2) is 30.3 Å². The Morgan fingerprint density at radius 1 is 1.40 bits per heavy atom. The summed E-state index contributed by atoms with van der Waals surface area (Å²) in [6, 6.07) is 12.5. The van der Waals surface area contributed by atoms with E-state index in [4.69, 9.17) is 5.11 Å². The van der Waals surface area contributed by atoms with Gasteiger partial charge in [0.1, 0.15) is 0 Å². The van der Waals surface area contributed by atoms with Crippen LogP contribution in [0.4, 0.5) is 0 Å². The second kappa shape index (κ2) is 13.9. The summed E-state index contributed by atoms with van der Waals surface area (Å²) < 4.78 is 0. The molecule has 5 heteroatoms. The van der Waals surface area contributed by atoms with Gasteiger partial charge in [-0.1, -0.05) is 6.92 Å². The Morgan fingerprint density at radius 3 is 1.93 bits per heavy atom. The van der Waals surface area contributed by atoms with Crippen molar-refractivity contribution in [2.45, 2.75) is 6.92 Å². The van der Waals surface area contributed by atoms with Gasteiger partial charge in [-0.15, -0.1) is 6.61 Å². The molecule has 0 radical (unpaired) electrons. The van der Waals surface area contributed by atoms with Crippen LogP contribution < -0.4 is 22.1 Å². The van der Waals surface area contributed by atoms with Gasteiger partial charge in [0.25, 0.3) is 0 Å². The quantitative estimate of drug-likeness (QED) is 0.471. The molecule has 1 atom stereocenters. The standard InChI is InChI=1S/C6H5.C4H7O3.BrH.Mg/c1-2-4-6-5-3-1;1-3(2-5)4(6)7;;/h1-5H;3H,2H2,1H3,(H,6,7);1H;/q2*-1;;+2/p-1. The van der Waals surface area contributed by atoms with Crippen LogP contribution >= 0.6 is 0 Å². The van der Waals surface area contributed by atoms with E-state index in [2.05, 4.69) is 6.07 Å². The van der Waals surface area contributed by atoms with Gasteiger partial charge in [-0.3, -0.25) is 4.79 Å². The number of hydrogen-bond donors (Lipinski definition) is 1. The molecular formula is C10H12BrMgO3-. The molecule has 0 fully saturated rings. The van der Waals surface area contributed by atoms with Gasteiger partial charge in [0.05, 0.1) is 0 Å². The molecule has 15 heavy (non-hydrogen) atoms. The van der Waals surface area contributed by atoms with E-state index in [9.17, 15) is 9.90 Å². The summed E-state index contributed by atoms with van der Waals surface area (Å²) in [5.74, 6) is -1.75. The van der Waals surface area contributed by atoms with E-state index in [1.54, 1.807) is 0 Å². The average molecular weight is 284 g/mol. The van der Waals surface area contributed by atoms with Crippen molar-refractivity contribution in [2.24, 2.45) is 5.92 Å². The topological polar surface area (TPSA) is 60.4 Å². The number of carboxylic acid groups (broad SMARTS) is 1. The van der Waals surface area contributed by atoms with Crippen LogP contribution in [-0.2, 0) is 4.79 Å². The van der Waals surface area contributed by atoms with Gasteiger partial charge in [0.15, 0.2) is 0 Å². The summed E-state index contributed by atoms with van der Waals surface area (Å²) in [6.45, 7) is 0.852. The zero-order chi connectivity index (χ0) is 10.1. The minimum atomic E-state index is -1.02. The van der Waals surface area contributed by atoms with Crippen LogP contribution in [0, 0.1) is 12.0 Å². The third kappa shape index (κ3) is 13.9. The van der Waals surface area contributed by atoms with E-state index in [1.165, 1.54) is 6.92 Å². The fourth-order valence-corrected chi connectivity index (χ4v) is 0.413. The molecule has 0 aliphatic rings. The third-order valence-electron chi connectivity index (χ3n) is 1.28. The molecule has 0 spiro atoms. The van der Waals surface area contributed by atoms with Crippen LogP contribution in [0.25, 0.3) is 0 Å². The van der Waals surface area contributed by atoms with Crippen LogP contribution in [0.1, 0.15) is 6.92 Å². The van der Waals surface area contributed by atoms with Gasteiger partial charge < -0.3 is 27.2 Å². The van der Waals surface area contributed by atoms with E-state index in [0.29, 0.717) is 0 Å². The Kier molecular flexibility index (Phi) is 18.8. The zero-order valence-electron chi connectivity index (χ0n) is 8.52. The van der Waals surface area contributed by atoms with Gasteiger partial charge in [0.2, 0.25) is 0 Å². The number of aliphatic carboxylic acids is 1. The number of carbonyl (C=O) groups is 1. The van der Waals surface area contributed by atoms with E-state index in [1.807, 2.05) is 30.3 Å². The Labute approximate surface area is 116 Å². The predicted molar refractivity (Wildman–Crippen MR) is 52.7 cm³/mol. The van der Waals surface area contributed by atoms with E-state index < -0.39 is 18.5 Å². The first kappa shape index (κ1) is 20.3. The molecule has 1 unspecified atom stereocenters. The summed E-state index contributed by atoms with van der Waals surface area (Å²) in [7, 11) is 0. The molecule has 0 saturated carbocycles. The number of carboxylic acids is 1. The monoisotopic (exact) mass is 283 g/mol. The molecule has 0 bridgehead atoms. The molecule has 0 aliphatic carbocycles. The Balaban J connectivity index is -0.000000170. The first-order valence-corrected chi connectivity index (χ1v) is 3.90. The summed E-state index contributed by atoms with van der Waals surface area (Å²) >= 11 is 0. The minimum Gasteiger partial charge on any atom is -1.00 e. The Morgan fingerprint density at radius 2 is 1.87 bits per heavy atom. The Hall–Kier alpha value is -0.104. The molecule has 0 amide bonds. The fourth-order valence-electron chi connectivity index (χ4n) is 0.413. The molecule has 0 aliphatic heterocycles. The van der Waals surface area contributed by atoms with E-state index >= 15 is 0 Å². The zero-order valence-corrected chi connectivity index (χ0v) is 11.5. The van der Waals surface area contributed by atoms with Gasteiger partial charge in [-0.05, 0) is 0 Å². The SMILES string of the molecule is CC(C[O-])C(=O)O.[Br-].[Mg+2].[c-]1ccccc1. The number of hydrogen-bond acceptors (Lipinski definition) is 2. The third-order valence-corrected chi connectivity index (χ3v) is 1.28. The predicted octanol–water partition coefficient (Wildman–Crippen LogP) is -2.82. The van der Waals surface area contributed by atoms with Crippen molar-refractivity contribution in [1.29, 1.82) is 0 Å². The number of benzene rings is 1. The van der Waals surface area contributed by atoms with E-state index in [0.717, 1.165) is 0 Å². The maximum Gasteiger partial charge on any atom is 2.00 e. The van der Waals surface area contributed by atoms with Crippen molar-refractivity contribution in [2.75, 3.05) is 6.61 Å². The molecule has 1 N–H and O–H groups in total. The first-order valence-electron chi connectivity index (χ1n) is 3.90. The largest absolute Gasteiger partial charge is 2.00 e. The summed E-state index contributed by atoms with van der Waals surface area (Å²) in [4.78, 5) is 9.73. The average Bonchev–Trinajstić information content (AvgIpc) is 2.20. The summed E-state index contributed by atoms with van der Waals surface area (Å²) in [5.41, 5.74) is 0. The van der Waals surface area contributed by atoms with Crippen LogP contribution in [-0.4, -0.2) is 40.7 Å². The number of halogens is 1. The van der Waals surface area contributed by atoms with Gasteiger partial charge >= 0.3 is 29.0 Å². The van der Waals surface area contributed by atoms with Crippen molar-refractivity contribution in [3.63, 3.8) is 0 Å². The van der Waals surface area contributed by atoms with Crippen molar-refractivity contribution >= 4 is 29.0 Å². The molecule has 1 rings (SSSR count). The molecule has 1 aromatic carbocycles. The molecular weight excluding hydrogens is 272 g/mol. The van der Waals surface area contributed by atoms with Gasteiger partial charge in [0, 0.05) is 5.92 Å². The van der Waals surface area contributed by atoms with Crippen molar-refractivity contribution in [3.05, 3.63) is 36.4 Å².